The molecule has 1 saturated heterocycles. The summed E-state index contributed by atoms with van der Waals surface area (Å²) in [5, 5.41) is 11.3. The number of hydrogen-bond acceptors (Lipinski definition) is 6. The number of thiocarbonyl (C=S) groups is 1. The average Bonchev–Trinajstić information content (AvgIpc) is 3.13. The normalized spacial score (nSPS) is 14.8. The lowest BCUT2D eigenvalue weighted by Gasteiger charge is -2.35. The summed E-state index contributed by atoms with van der Waals surface area (Å²) in [4.78, 5) is 28.1. The summed E-state index contributed by atoms with van der Waals surface area (Å²) in [5.41, 5.74) is 1.51. The molecule has 2 rings (SSSR count). The first-order valence-corrected chi connectivity index (χ1v) is 11.2. The van der Waals surface area contributed by atoms with Crippen molar-refractivity contribution in [2.75, 3.05) is 57.9 Å². The Bertz CT molecular complexity index is 748. The highest BCUT2D eigenvalue weighted by atomic mass is 32.1. The van der Waals surface area contributed by atoms with Crippen LogP contribution in [0.15, 0.2) is 6.20 Å². The average molecular weight is 455 g/mol. The second kappa shape index (κ2) is 12.5. The number of nitrogens with zero attached hydrogens (tertiary/aromatic N) is 4. The lowest BCUT2D eigenvalue weighted by Crippen LogP contribution is -2.52. The predicted octanol–water partition coefficient (Wildman–Crippen LogP) is 1.77. The van der Waals surface area contributed by atoms with Gasteiger partial charge in [-0.05, 0) is 46.3 Å². The quantitative estimate of drug-likeness (QED) is 0.430. The summed E-state index contributed by atoms with van der Waals surface area (Å²) in [6.45, 7) is 11.8. The number of rotatable bonds is 9. The molecule has 1 fully saturated rings. The molecule has 0 aromatic carbocycles. The summed E-state index contributed by atoms with van der Waals surface area (Å²) in [7, 11) is 0. The Morgan fingerprint density at radius 2 is 1.87 bits per heavy atom. The van der Waals surface area contributed by atoms with Crippen molar-refractivity contribution >= 4 is 35.0 Å². The van der Waals surface area contributed by atoms with Gasteiger partial charge in [0.2, 0.25) is 5.91 Å². The zero-order valence-electron chi connectivity index (χ0n) is 18.8. The van der Waals surface area contributed by atoms with Gasteiger partial charge in [0.1, 0.15) is 6.04 Å². The first-order valence-electron chi connectivity index (χ1n) is 10.8. The van der Waals surface area contributed by atoms with E-state index >= 15 is 0 Å². The van der Waals surface area contributed by atoms with Crippen LogP contribution in [0.5, 0.6) is 0 Å². The fourth-order valence-electron chi connectivity index (χ4n) is 3.19. The van der Waals surface area contributed by atoms with Crippen LogP contribution in [-0.4, -0.2) is 89.2 Å². The zero-order valence-corrected chi connectivity index (χ0v) is 19.7. The molecule has 1 atom stereocenters. The van der Waals surface area contributed by atoms with E-state index in [1.54, 1.807) is 27.6 Å². The summed E-state index contributed by atoms with van der Waals surface area (Å²) >= 11 is 5.34. The van der Waals surface area contributed by atoms with Crippen LogP contribution < -0.4 is 10.6 Å². The number of nitrogens with one attached hydrogen (secondary N) is 2. The lowest BCUT2D eigenvalue weighted by atomic mass is 10.2. The Morgan fingerprint density at radius 3 is 2.52 bits per heavy atom. The molecular formula is C20H34N6O4S. The molecule has 1 aliphatic rings. The Hall–Kier alpha value is -2.40. The van der Waals surface area contributed by atoms with Crippen molar-refractivity contribution in [3.05, 3.63) is 11.9 Å². The van der Waals surface area contributed by atoms with Crippen LogP contribution in [0.3, 0.4) is 0 Å². The predicted molar refractivity (Wildman–Crippen MR) is 122 cm³/mol. The van der Waals surface area contributed by atoms with Crippen LogP contribution >= 0.6 is 12.2 Å². The smallest absolute Gasteiger partial charge is 0.409 e. The highest BCUT2D eigenvalue weighted by molar-refractivity contribution is 7.80. The van der Waals surface area contributed by atoms with Crippen molar-refractivity contribution in [1.29, 1.82) is 0 Å². The molecule has 11 heteroatoms. The molecule has 0 bridgehead atoms. The minimum atomic E-state index is -0.462. The number of aromatic nitrogens is 2. The molecule has 0 saturated carbocycles. The molecule has 1 aromatic rings. The van der Waals surface area contributed by atoms with Crippen molar-refractivity contribution in [3.63, 3.8) is 0 Å². The van der Waals surface area contributed by atoms with E-state index < -0.39 is 6.04 Å². The number of amides is 2. The van der Waals surface area contributed by atoms with Gasteiger partial charge in [0, 0.05) is 52.1 Å². The summed E-state index contributed by atoms with van der Waals surface area (Å²) in [6, 6.07) is -0.462. The third-order valence-electron chi connectivity index (χ3n) is 4.99. The minimum absolute atomic E-state index is 0.0332. The molecule has 2 amide bonds. The van der Waals surface area contributed by atoms with E-state index in [4.69, 9.17) is 21.7 Å². The number of carbonyl (C=O) groups is 2. The van der Waals surface area contributed by atoms with Gasteiger partial charge in [-0.15, -0.1) is 0 Å². The van der Waals surface area contributed by atoms with Crippen LogP contribution in [0.1, 0.15) is 38.9 Å². The topological polar surface area (TPSA) is 101 Å². The fraction of sp³-hybridized carbons (Fsp3) is 0.700. The molecule has 0 radical (unpaired) electrons. The molecule has 10 nitrogen and oxygen atoms in total. The van der Waals surface area contributed by atoms with Crippen molar-refractivity contribution in [2.45, 2.75) is 40.2 Å². The first-order chi connectivity index (χ1) is 14.9. The van der Waals surface area contributed by atoms with Gasteiger partial charge in [-0.2, -0.15) is 5.10 Å². The lowest BCUT2D eigenvalue weighted by molar-refractivity contribution is -0.136. The van der Waals surface area contributed by atoms with Crippen LogP contribution in [0.2, 0.25) is 0 Å². The molecule has 1 aliphatic heterocycles. The summed E-state index contributed by atoms with van der Waals surface area (Å²) < 4.78 is 12.0. The molecule has 0 aliphatic carbocycles. The van der Waals surface area contributed by atoms with Gasteiger partial charge in [-0.1, -0.05) is 0 Å². The van der Waals surface area contributed by atoms with Gasteiger partial charge >= 0.3 is 6.09 Å². The third-order valence-corrected chi connectivity index (χ3v) is 5.24. The largest absolute Gasteiger partial charge is 0.450 e. The van der Waals surface area contributed by atoms with Crippen molar-refractivity contribution in [2.24, 2.45) is 0 Å². The van der Waals surface area contributed by atoms with E-state index in [1.807, 2.05) is 20.8 Å². The maximum absolute atomic E-state index is 12.9. The monoisotopic (exact) mass is 454 g/mol. The number of piperazine rings is 1. The Labute approximate surface area is 189 Å². The van der Waals surface area contributed by atoms with Gasteiger partial charge in [-0.25, -0.2) is 4.79 Å². The molecule has 2 N–H and O–H groups in total. The molecule has 2 heterocycles. The third kappa shape index (κ3) is 7.35. The standard InChI is InChI=1S/C20H34N6O4S/c1-5-29-13-7-8-21-19(31)22-17-14-26(23-15(17)3)16(4)18(27)24-9-11-25(12-10-24)20(28)30-6-2/h14,16H,5-13H2,1-4H3,(H2,21,22,31). The highest BCUT2D eigenvalue weighted by Crippen LogP contribution is 2.18. The number of hydrogen-bond donors (Lipinski definition) is 2. The number of anilines is 1. The van der Waals surface area contributed by atoms with E-state index in [0.717, 1.165) is 17.8 Å². The van der Waals surface area contributed by atoms with Crippen LogP contribution in [-0.2, 0) is 14.3 Å². The van der Waals surface area contributed by atoms with Crippen LogP contribution in [0.25, 0.3) is 0 Å². The molecule has 1 unspecified atom stereocenters. The summed E-state index contributed by atoms with van der Waals surface area (Å²) in [6.07, 6.45) is 2.33. The van der Waals surface area contributed by atoms with Crippen molar-refractivity contribution in [3.8, 4) is 0 Å². The van der Waals surface area contributed by atoms with Gasteiger partial charge in [0.15, 0.2) is 5.11 Å². The van der Waals surface area contributed by atoms with Crippen LogP contribution in [0.4, 0.5) is 10.5 Å². The van der Waals surface area contributed by atoms with Gasteiger partial charge in [-0.3, -0.25) is 9.48 Å². The molecule has 31 heavy (non-hydrogen) atoms. The van der Waals surface area contributed by atoms with E-state index in [2.05, 4.69) is 15.7 Å². The fourth-order valence-corrected chi connectivity index (χ4v) is 3.40. The van der Waals surface area contributed by atoms with E-state index in [1.165, 1.54) is 0 Å². The number of carbonyl (C=O) groups excluding carboxylic acids is 2. The molecule has 1 aromatic heterocycles. The Kier molecular flexibility index (Phi) is 9.99. The Morgan fingerprint density at radius 1 is 1.19 bits per heavy atom. The number of aryl methyl sites for hydroxylation is 1. The molecular weight excluding hydrogens is 420 g/mol. The second-order valence-electron chi connectivity index (χ2n) is 7.23. The molecule has 0 spiro atoms. The number of ether oxygens (including phenoxy) is 2. The highest BCUT2D eigenvalue weighted by Gasteiger charge is 2.28. The maximum Gasteiger partial charge on any atom is 0.409 e. The summed E-state index contributed by atoms with van der Waals surface area (Å²) in [5.74, 6) is -0.0332. The SMILES string of the molecule is CCOCCCNC(=S)Nc1cn(C(C)C(=O)N2CCN(C(=O)OCC)CC2)nc1C. The van der Waals surface area contributed by atoms with E-state index in [9.17, 15) is 9.59 Å². The van der Waals surface area contributed by atoms with Gasteiger partial charge < -0.3 is 29.9 Å². The maximum atomic E-state index is 12.9. The van der Waals surface area contributed by atoms with E-state index in [-0.39, 0.29) is 12.0 Å². The zero-order chi connectivity index (χ0) is 22.8. The van der Waals surface area contributed by atoms with Crippen molar-refractivity contribution in [1.82, 2.24) is 24.9 Å². The molecule has 174 valence electrons. The van der Waals surface area contributed by atoms with Crippen LogP contribution in [0, 0.1) is 6.92 Å². The minimum Gasteiger partial charge on any atom is -0.450 e. The van der Waals surface area contributed by atoms with Crippen molar-refractivity contribution < 1.29 is 19.1 Å². The Balaban J connectivity index is 1.86. The first kappa shape index (κ1) is 24.9. The van der Waals surface area contributed by atoms with E-state index in [0.29, 0.717) is 57.7 Å². The van der Waals surface area contributed by atoms with Gasteiger partial charge in [0.25, 0.3) is 0 Å². The van der Waals surface area contributed by atoms with Gasteiger partial charge in [0.05, 0.1) is 18.0 Å². The second-order valence-corrected chi connectivity index (χ2v) is 7.64.